The zero-order chi connectivity index (χ0) is 20.3. The van der Waals surface area contributed by atoms with E-state index in [-0.39, 0.29) is 11.8 Å². The second-order valence-electron chi connectivity index (χ2n) is 7.03. The molecule has 1 aliphatic rings. The van der Waals surface area contributed by atoms with Gasteiger partial charge < -0.3 is 20.3 Å². The maximum atomic E-state index is 13.2. The molecule has 0 aromatic heterocycles. The molecule has 1 atom stereocenters. The fourth-order valence-electron chi connectivity index (χ4n) is 3.33. The Morgan fingerprint density at radius 2 is 1.93 bits per heavy atom. The summed E-state index contributed by atoms with van der Waals surface area (Å²) in [6.07, 6.45) is 0.818. The van der Waals surface area contributed by atoms with Crippen molar-refractivity contribution in [2.75, 3.05) is 23.9 Å². The topological polar surface area (TPSA) is 70.7 Å². The number of amides is 3. The number of halogens is 1. The minimum Gasteiger partial charge on any atom is -0.495 e. The lowest BCUT2D eigenvalue weighted by molar-refractivity contribution is -0.121. The molecule has 28 heavy (non-hydrogen) atoms. The largest absolute Gasteiger partial charge is 0.495 e. The van der Waals surface area contributed by atoms with Crippen molar-refractivity contribution in [1.82, 2.24) is 5.32 Å². The van der Waals surface area contributed by atoms with Crippen LogP contribution in [0.1, 0.15) is 19.4 Å². The summed E-state index contributed by atoms with van der Waals surface area (Å²) in [5, 5.41) is 6.00. The van der Waals surface area contributed by atoms with Crippen molar-refractivity contribution in [2.24, 2.45) is 5.92 Å². The molecule has 1 unspecified atom stereocenters. The highest BCUT2D eigenvalue weighted by Gasteiger charge is 2.32. The first-order chi connectivity index (χ1) is 13.4. The van der Waals surface area contributed by atoms with Crippen LogP contribution in [0.4, 0.5) is 16.2 Å². The highest BCUT2D eigenvalue weighted by molar-refractivity contribution is 6.31. The number of hydrogen-bond donors (Lipinski definition) is 2. The van der Waals surface area contributed by atoms with Crippen LogP contribution in [0.25, 0.3) is 0 Å². The normalized spacial score (nSPS) is 13.8. The van der Waals surface area contributed by atoms with Crippen molar-refractivity contribution in [1.29, 1.82) is 0 Å². The Balaban J connectivity index is 1.74. The number of nitrogens with one attached hydrogen (secondary N) is 2. The van der Waals surface area contributed by atoms with Gasteiger partial charge in [0.25, 0.3) is 0 Å². The number of carbonyl (C=O) groups is 2. The summed E-state index contributed by atoms with van der Waals surface area (Å²) in [6.45, 7) is 4.43. The number of methoxy groups -OCH3 is 1. The molecule has 0 saturated carbocycles. The van der Waals surface area contributed by atoms with Gasteiger partial charge in [-0.05, 0) is 42.2 Å². The Morgan fingerprint density at radius 1 is 1.18 bits per heavy atom. The van der Waals surface area contributed by atoms with E-state index in [9.17, 15) is 9.59 Å². The van der Waals surface area contributed by atoms with Crippen molar-refractivity contribution in [3.05, 3.63) is 53.1 Å². The third-order valence-corrected chi connectivity index (χ3v) is 5.02. The molecule has 148 valence electrons. The first-order valence-corrected chi connectivity index (χ1v) is 9.59. The molecule has 0 aliphatic carbocycles. The molecule has 0 radical (unpaired) electrons. The minimum absolute atomic E-state index is 0.0766. The molecule has 2 aromatic rings. The van der Waals surface area contributed by atoms with Gasteiger partial charge in [0.2, 0.25) is 5.91 Å². The number of nitrogens with zero attached hydrogens (tertiary/aromatic N) is 1. The summed E-state index contributed by atoms with van der Waals surface area (Å²) in [5.74, 6) is 0.292. The summed E-state index contributed by atoms with van der Waals surface area (Å²) >= 11 is 6.01. The van der Waals surface area contributed by atoms with Crippen molar-refractivity contribution in [2.45, 2.75) is 26.3 Å². The molecule has 0 bridgehead atoms. The second kappa shape index (κ2) is 8.52. The van der Waals surface area contributed by atoms with E-state index < -0.39 is 12.1 Å². The van der Waals surface area contributed by atoms with Crippen LogP contribution < -0.4 is 20.3 Å². The van der Waals surface area contributed by atoms with Gasteiger partial charge in [0.1, 0.15) is 11.8 Å². The first-order valence-electron chi connectivity index (χ1n) is 9.21. The van der Waals surface area contributed by atoms with Crippen molar-refractivity contribution >= 4 is 34.9 Å². The van der Waals surface area contributed by atoms with E-state index in [0.29, 0.717) is 23.0 Å². The fourth-order valence-corrected chi connectivity index (χ4v) is 3.50. The summed E-state index contributed by atoms with van der Waals surface area (Å²) in [7, 11) is 1.51. The minimum atomic E-state index is -0.656. The second-order valence-corrected chi connectivity index (χ2v) is 7.47. The summed E-state index contributed by atoms with van der Waals surface area (Å²) in [6, 6.07) is 11.7. The van der Waals surface area contributed by atoms with Gasteiger partial charge >= 0.3 is 6.03 Å². The molecule has 1 heterocycles. The monoisotopic (exact) mass is 401 g/mol. The summed E-state index contributed by atoms with van der Waals surface area (Å²) < 4.78 is 5.25. The molecular formula is C21H24ClN3O3. The smallest absolute Gasteiger partial charge is 0.320 e. The van der Waals surface area contributed by atoms with Gasteiger partial charge in [-0.25, -0.2) is 4.79 Å². The standard InChI is InChI=1S/C21H24ClN3O3/c1-13(2)19(20(26)25-11-10-14-6-4-5-7-17(14)25)24-21(27)23-16-12-15(22)8-9-18(16)28-3/h4-9,12-13,19H,10-11H2,1-3H3,(H2,23,24,27). The maximum absolute atomic E-state index is 13.2. The van der Waals surface area contributed by atoms with E-state index in [4.69, 9.17) is 16.3 Å². The number of para-hydroxylation sites is 1. The molecule has 3 amide bonds. The van der Waals surface area contributed by atoms with Gasteiger partial charge in [0.15, 0.2) is 0 Å². The Morgan fingerprint density at radius 3 is 2.64 bits per heavy atom. The van der Waals surface area contributed by atoms with Gasteiger partial charge in [-0.1, -0.05) is 43.6 Å². The van der Waals surface area contributed by atoms with E-state index in [1.807, 2.05) is 38.1 Å². The Bertz CT molecular complexity index is 885. The van der Waals surface area contributed by atoms with Crippen LogP contribution in [0, 0.1) is 5.92 Å². The van der Waals surface area contributed by atoms with Gasteiger partial charge in [0, 0.05) is 17.3 Å². The van der Waals surface area contributed by atoms with Crippen LogP contribution in [-0.4, -0.2) is 31.6 Å². The molecule has 0 saturated heterocycles. The molecule has 3 rings (SSSR count). The van der Waals surface area contributed by atoms with Gasteiger partial charge in [-0.3, -0.25) is 4.79 Å². The lowest BCUT2D eigenvalue weighted by Crippen LogP contribution is -2.52. The van der Waals surface area contributed by atoms with Crippen LogP contribution in [0.2, 0.25) is 5.02 Å². The molecule has 0 fully saturated rings. The Labute approximate surface area is 169 Å². The number of urea groups is 1. The van der Waals surface area contributed by atoms with Crippen LogP contribution in [0.5, 0.6) is 5.75 Å². The van der Waals surface area contributed by atoms with Crippen LogP contribution >= 0.6 is 11.6 Å². The van der Waals surface area contributed by atoms with Crippen molar-refractivity contribution in [3.63, 3.8) is 0 Å². The number of hydrogen-bond acceptors (Lipinski definition) is 3. The van der Waals surface area contributed by atoms with Gasteiger partial charge in [-0.15, -0.1) is 0 Å². The average molecular weight is 402 g/mol. The number of carbonyl (C=O) groups excluding carboxylic acids is 2. The third-order valence-electron chi connectivity index (χ3n) is 4.78. The van der Waals surface area contributed by atoms with Crippen molar-refractivity contribution < 1.29 is 14.3 Å². The predicted octanol–water partition coefficient (Wildman–Crippen LogP) is 4.08. The van der Waals surface area contributed by atoms with Crippen LogP contribution in [-0.2, 0) is 11.2 Å². The number of benzene rings is 2. The molecule has 6 nitrogen and oxygen atoms in total. The Hall–Kier alpha value is -2.73. The van der Waals surface area contributed by atoms with E-state index in [2.05, 4.69) is 10.6 Å². The molecule has 7 heteroatoms. The molecular weight excluding hydrogens is 378 g/mol. The molecule has 0 spiro atoms. The van der Waals surface area contributed by atoms with E-state index in [1.165, 1.54) is 7.11 Å². The number of rotatable bonds is 5. The van der Waals surface area contributed by atoms with Gasteiger partial charge in [-0.2, -0.15) is 0 Å². The number of anilines is 2. The number of fused-ring (bicyclic) bond motifs is 1. The first kappa shape index (κ1) is 20.0. The summed E-state index contributed by atoms with van der Waals surface area (Å²) in [4.78, 5) is 27.5. The summed E-state index contributed by atoms with van der Waals surface area (Å²) in [5.41, 5.74) is 2.50. The molecule has 2 aromatic carbocycles. The van der Waals surface area contributed by atoms with Crippen LogP contribution in [0.15, 0.2) is 42.5 Å². The quantitative estimate of drug-likeness (QED) is 0.792. The van der Waals surface area contributed by atoms with E-state index >= 15 is 0 Å². The fraction of sp³-hybridized carbons (Fsp3) is 0.333. The average Bonchev–Trinajstić information content (AvgIpc) is 3.10. The van der Waals surface area contributed by atoms with Crippen molar-refractivity contribution in [3.8, 4) is 5.75 Å². The van der Waals surface area contributed by atoms with Crippen LogP contribution in [0.3, 0.4) is 0 Å². The predicted molar refractivity (Wildman–Crippen MR) is 111 cm³/mol. The highest BCUT2D eigenvalue weighted by Crippen LogP contribution is 2.29. The zero-order valence-electron chi connectivity index (χ0n) is 16.2. The Kier molecular flexibility index (Phi) is 6.09. The molecule has 1 aliphatic heterocycles. The highest BCUT2D eigenvalue weighted by atomic mass is 35.5. The maximum Gasteiger partial charge on any atom is 0.320 e. The SMILES string of the molecule is COc1ccc(Cl)cc1NC(=O)NC(C(=O)N1CCc2ccccc21)C(C)C. The molecule has 2 N–H and O–H groups in total. The van der Waals surface area contributed by atoms with E-state index in [0.717, 1.165) is 17.7 Å². The van der Waals surface area contributed by atoms with E-state index in [1.54, 1.807) is 23.1 Å². The third kappa shape index (κ3) is 4.22. The number of ether oxygens (including phenoxy) is 1. The van der Waals surface area contributed by atoms with Gasteiger partial charge in [0.05, 0.1) is 12.8 Å². The lowest BCUT2D eigenvalue weighted by atomic mass is 10.0. The lowest BCUT2D eigenvalue weighted by Gasteiger charge is -2.27. The zero-order valence-corrected chi connectivity index (χ0v) is 16.9.